The van der Waals surface area contributed by atoms with Gasteiger partial charge in [0.1, 0.15) is 17.8 Å². The van der Waals surface area contributed by atoms with E-state index in [0.717, 1.165) is 46.3 Å². The zero-order valence-corrected chi connectivity index (χ0v) is 17.2. The van der Waals surface area contributed by atoms with Gasteiger partial charge in [-0.3, -0.25) is 14.6 Å². The maximum atomic E-state index is 13.4. The van der Waals surface area contributed by atoms with Gasteiger partial charge in [-0.05, 0) is 35.7 Å². The molecule has 1 N–H and O–H groups in total. The predicted molar refractivity (Wildman–Crippen MR) is 114 cm³/mol. The minimum Gasteiger partial charge on any atom is -0.497 e. The number of rotatable bonds is 5. The van der Waals surface area contributed by atoms with Gasteiger partial charge in [0.15, 0.2) is 0 Å². The molecule has 0 aliphatic carbocycles. The van der Waals surface area contributed by atoms with E-state index in [1.165, 1.54) is 4.90 Å². The first kappa shape index (κ1) is 18.7. The number of ether oxygens (including phenoxy) is 1. The van der Waals surface area contributed by atoms with Gasteiger partial charge in [0, 0.05) is 29.6 Å². The number of carbonyl (C=O) groups is 2. The lowest BCUT2D eigenvalue weighted by molar-refractivity contribution is -0.128. The third-order valence-corrected chi connectivity index (χ3v) is 6.28. The molecule has 3 aromatic rings. The Morgan fingerprint density at radius 1 is 1.13 bits per heavy atom. The number of amides is 3. The Bertz CT molecular complexity index is 1140. The number of aromatic amines is 1. The monoisotopic (exact) mass is 403 g/mol. The molecule has 0 spiro atoms. The molecule has 0 saturated carbocycles. The number of methoxy groups -OCH3 is 1. The number of nitrogens with one attached hydrogen (secondary N) is 1. The van der Waals surface area contributed by atoms with Crippen molar-refractivity contribution >= 4 is 22.8 Å². The highest BCUT2D eigenvalue weighted by Gasteiger charge is 2.52. The predicted octanol–water partition coefficient (Wildman–Crippen LogP) is 4.25. The van der Waals surface area contributed by atoms with E-state index in [1.807, 2.05) is 42.5 Å². The fraction of sp³-hybridized carbons (Fsp3) is 0.333. The number of imide groups is 1. The second-order valence-corrected chi connectivity index (χ2v) is 8.00. The van der Waals surface area contributed by atoms with E-state index in [4.69, 9.17) is 4.74 Å². The number of carbonyl (C=O) groups excluding carboxylic acids is 2. The molecular weight excluding hydrogens is 378 g/mol. The average Bonchev–Trinajstić information content (AvgIpc) is 3.26. The van der Waals surface area contributed by atoms with Gasteiger partial charge >= 0.3 is 6.03 Å². The molecule has 6 heteroatoms. The number of unbranched alkanes of at least 4 members (excludes halogenated alkanes) is 1. The minimum atomic E-state index is -0.475. The highest BCUT2D eigenvalue weighted by Crippen LogP contribution is 2.44. The molecule has 1 fully saturated rings. The van der Waals surface area contributed by atoms with Crippen molar-refractivity contribution in [1.82, 2.24) is 14.8 Å². The van der Waals surface area contributed by atoms with Crippen LogP contribution in [-0.2, 0) is 11.2 Å². The summed E-state index contributed by atoms with van der Waals surface area (Å²) >= 11 is 0. The summed E-state index contributed by atoms with van der Waals surface area (Å²) in [5.41, 5.74) is 4.07. The molecule has 2 aliphatic heterocycles. The second kappa shape index (κ2) is 7.20. The van der Waals surface area contributed by atoms with Gasteiger partial charge in [-0.15, -0.1) is 0 Å². The maximum Gasteiger partial charge on any atom is 0.328 e. The van der Waals surface area contributed by atoms with E-state index in [1.54, 1.807) is 12.0 Å². The van der Waals surface area contributed by atoms with Crippen LogP contribution in [0, 0.1) is 0 Å². The molecule has 2 aliphatic rings. The summed E-state index contributed by atoms with van der Waals surface area (Å²) in [5, 5.41) is 1.12. The first-order valence-electron chi connectivity index (χ1n) is 10.5. The largest absolute Gasteiger partial charge is 0.497 e. The standard InChI is InChI=1S/C24H25N3O3/c1-3-4-12-26-23(28)20-14-18-17-10-5-6-11-19(17)25-21(18)22(27(20)24(26)29)15-8-7-9-16(13-15)30-2/h5-11,13,20,22,25H,3-4,12,14H2,1-2H3/t20-,22+/m0/s1. The second-order valence-electron chi connectivity index (χ2n) is 8.00. The van der Waals surface area contributed by atoms with Crippen LogP contribution in [0.5, 0.6) is 5.75 Å². The van der Waals surface area contributed by atoms with Crippen LogP contribution in [0.3, 0.4) is 0 Å². The number of para-hydroxylation sites is 1. The van der Waals surface area contributed by atoms with Crippen molar-refractivity contribution in [2.45, 2.75) is 38.3 Å². The first-order valence-corrected chi connectivity index (χ1v) is 10.5. The Hall–Kier alpha value is -3.28. The molecule has 30 heavy (non-hydrogen) atoms. The molecule has 0 bridgehead atoms. The van der Waals surface area contributed by atoms with Gasteiger partial charge < -0.3 is 9.72 Å². The number of benzene rings is 2. The van der Waals surface area contributed by atoms with Crippen LogP contribution in [0.2, 0.25) is 0 Å². The molecule has 1 saturated heterocycles. The smallest absolute Gasteiger partial charge is 0.328 e. The number of fused-ring (bicyclic) bond motifs is 4. The normalized spacial score (nSPS) is 20.6. The van der Waals surface area contributed by atoms with Crippen molar-refractivity contribution in [3.8, 4) is 5.75 Å². The van der Waals surface area contributed by atoms with E-state index in [2.05, 4.69) is 18.0 Å². The summed E-state index contributed by atoms with van der Waals surface area (Å²) in [4.78, 5) is 33.4. The number of hydrogen-bond donors (Lipinski definition) is 1. The van der Waals surface area contributed by atoms with E-state index in [-0.39, 0.29) is 18.0 Å². The van der Waals surface area contributed by atoms with E-state index in [0.29, 0.717) is 13.0 Å². The Labute approximate surface area is 175 Å². The Balaban J connectivity index is 1.68. The molecule has 3 amide bonds. The summed E-state index contributed by atoms with van der Waals surface area (Å²) in [5.74, 6) is 0.644. The first-order chi connectivity index (χ1) is 14.6. The lowest BCUT2D eigenvalue weighted by Gasteiger charge is -2.36. The van der Waals surface area contributed by atoms with Gasteiger partial charge in [0.25, 0.3) is 5.91 Å². The Kier molecular flexibility index (Phi) is 4.50. The summed E-state index contributed by atoms with van der Waals surface area (Å²) in [6.45, 7) is 2.54. The SMILES string of the molecule is CCCCN1C(=O)[C@@H]2Cc3c([nH]c4ccccc34)[C@@H](c3cccc(OC)c3)N2C1=O. The molecule has 0 radical (unpaired) electrons. The molecule has 2 atom stereocenters. The van der Waals surface area contributed by atoms with Gasteiger partial charge in [-0.25, -0.2) is 4.79 Å². The number of nitrogens with zero attached hydrogens (tertiary/aromatic N) is 2. The van der Waals surface area contributed by atoms with Crippen LogP contribution in [-0.4, -0.2) is 46.4 Å². The topological polar surface area (TPSA) is 65.6 Å². The maximum absolute atomic E-state index is 13.4. The van der Waals surface area contributed by atoms with Crippen molar-refractivity contribution in [2.24, 2.45) is 0 Å². The van der Waals surface area contributed by atoms with E-state index >= 15 is 0 Å². The van der Waals surface area contributed by atoms with Gasteiger partial charge in [0.05, 0.1) is 7.11 Å². The third-order valence-electron chi connectivity index (χ3n) is 6.28. The molecule has 5 rings (SSSR count). The number of H-pyrrole nitrogens is 1. The Morgan fingerprint density at radius 2 is 1.97 bits per heavy atom. The van der Waals surface area contributed by atoms with Crippen molar-refractivity contribution in [3.63, 3.8) is 0 Å². The van der Waals surface area contributed by atoms with Crippen molar-refractivity contribution < 1.29 is 14.3 Å². The van der Waals surface area contributed by atoms with Crippen LogP contribution < -0.4 is 4.74 Å². The summed E-state index contributed by atoms with van der Waals surface area (Å²) in [6.07, 6.45) is 2.29. The van der Waals surface area contributed by atoms with Crippen molar-refractivity contribution in [1.29, 1.82) is 0 Å². The molecule has 3 heterocycles. The lowest BCUT2D eigenvalue weighted by Crippen LogP contribution is -2.44. The zero-order chi connectivity index (χ0) is 20.8. The van der Waals surface area contributed by atoms with Crippen LogP contribution in [0.4, 0.5) is 4.79 Å². The van der Waals surface area contributed by atoms with Crippen molar-refractivity contribution in [2.75, 3.05) is 13.7 Å². The quantitative estimate of drug-likeness (QED) is 0.648. The van der Waals surface area contributed by atoms with Gasteiger partial charge in [-0.2, -0.15) is 0 Å². The van der Waals surface area contributed by atoms with Crippen LogP contribution in [0.15, 0.2) is 48.5 Å². The van der Waals surface area contributed by atoms with Crippen LogP contribution in [0.25, 0.3) is 10.9 Å². The fourth-order valence-corrected chi connectivity index (χ4v) is 4.81. The minimum absolute atomic E-state index is 0.0859. The highest BCUT2D eigenvalue weighted by atomic mass is 16.5. The average molecular weight is 403 g/mol. The highest BCUT2D eigenvalue weighted by molar-refractivity contribution is 6.05. The van der Waals surface area contributed by atoms with Gasteiger partial charge in [-0.1, -0.05) is 43.7 Å². The number of urea groups is 1. The number of hydrogen-bond acceptors (Lipinski definition) is 3. The third kappa shape index (κ3) is 2.70. The zero-order valence-electron chi connectivity index (χ0n) is 17.2. The fourth-order valence-electron chi connectivity index (χ4n) is 4.81. The van der Waals surface area contributed by atoms with E-state index < -0.39 is 6.04 Å². The molecule has 0 unspecified atom stereocenters. The number of aromatic nitrogens is 1. The molecule has 154 valence electrons. The Morgan fingerprint density at radius 3 is 2.77 bits per heavy atom. The summed E-state index contributed by atoms with van der Waals surface area (Å²) in [6, 6.07) is 14.9. The summed E-state index contributed by atoms with van der Waals surface area (Å²) < 4.78 is 5.44. The molecule has 2 aromatic carbocycles. The van der Waals surface area contributed by atoms with Gasteiger partial charge in [0.2, 0.25) is 0 Å². The molecule has 6 nitrogen and oxygen atoms in total. The van der Waals surface area contributed by atoms with E-state index in [9.17, 15) is 9.59 Å². The van der Waals surface area contributed by atoms with Crippen LogP contribution >= 0.6 is 0 Å². The van der Waals surface area contributed by atoms with Crippen molar-refractivity contribution in [3.05, 3.63) is 65.4 Å². The molecule has 1 aromatic heterocycles. The van der Waals surface area contributed by atoms with Crippen LogP contribution in [0.1, 0.15) is 42.6 Å². The molecular formula is C24H25N3O3. The summed E-state index contributed by atoms with van der Waals surface area (Å²) in [7, 11) is 1.63. The lowest BCUT2D eigenvalue weighted by atomic mass is 9.89.